The SMILES string of the molecule is Cc1cccc(Cc2nc(N)nc(N)n2)c1. The zero-order valence-corrected chi connectivity index (χ0v) is 9.01. The number of nitrogen functional groups attached to an aromatic ring is 2. The fraction of sp³-hybridized carbons (Fsp3) is 0.182. The summed E-state index contributed by atoms with van der Waals surface area (Å²) in [5.74, 6) is 0.918. The Kier molecular flexibility index (Phi) is 2.68. The molecule has 0 radical (unpaired) electrons. The van der Waals surface area contributed by atoms with Crippen LogP contribution in [-0.2, 0) is 6.42 Å². The Hall–Kier alpha value is -2.17. The summed E-state index contributed by atoms with van der Waals surface area (Å²) in [5.41, 5.74) is 13.3. The smallest absolute Gasteiger partial charge is 0.225 e. The largest absolute Gasteiger partial charge is 0.368 e. The zero-order valence-electron chi connectivity index (χ0n) is 9.01. The predicted octanol–water partition coefficient (Wildman–Crippen LogP) is 0.935. The lowest BCUT2D eigenvalue weighted by atomic mass is 10.1. The van der Waals surface area contributed by atoms with E-state index in [1.54, 1.807) is 0 Å². The summed E-state index contributed by atoms with van der Waals surface area (Å²) >= 11 is 0. The van der Waals surface area contributed by atoms with Gasteiger partial charge in [0, 0.05) is 6.42 Å². The van der Waals surface area contributed by atoms with Crippen LogP contribution in [0.25, 0.3) is 0 Å². The molecule has 0 bridgehead atoms. The summed E-state index contributed by atoms with van der Waals surface area (Å²) in [6, 6.07) is 8.14. The van der Waals surface area contributed by atoms with Crippen molar-refractivity contribution in [2.75, 3.05) is 11.5 Å². The summed E-state index contributed by atoms with van der Waals surface area (Å²) in [5, 5.41) is 0. The Balaban J connectivity index is 2.27. The van der Waals surface area contributed by atoms with Crippen molar-refractivity contribution in [3.05, 3.63) is 41.2 Å². The molecule has 0 saturated carbocycles. The molecule has 0 spiro atoms. The number of nitrogens with two attached hydrogens (primary N) is 2. The Morgan fingerprint density at radius 2 is 1.75 bits per heavy atom. The molecule has 0 aliphatic rings. The molecule has 0 aliphatic heterocycles. The van der Waals surface area contributed by atoms with Crippen molar-refractivity contribution >= 4 is 11.9 Å². The third kappa shape index (κ3) is 2.44. The maximum atomic E-state index is 5.50. The summed E-state index contributed by atoms with van der Waals surface area (Å²) in [6.45, 7) is 2.04. The number of aryl methyl sites for hydroxylation is 1. The van der Waals surface area contributed by atoms with Crippen LogP contribution >= 0.6 is 0 Å². The Morgan fingerprint density at radius 3 is 2.38 bits per heavy atom. The lowest BCUT2D eigenvalue weighted by Gasteiger charge is -2.03. The van der Waals surface area contributed by atoms with Crippen molar-refractivity contribution in [1.82, 2.24) is 15.0 Å². The van der Waals surface area contributed by atoms with Crippen LogP contribution in [0, 0.1) is 6.92 Å². The molecule has 1 aromatic carbocycles. The first-order valence-electron chi connectivity index (χ1n) is 4.95. The van der Waals surface area contributed by atoms with Gasteiger partial charge in [0.05, 0.1) is 0 Å². The molecular weight excluding hydrogens is 202 g/mol. The quantitative estimate of drug-likeness (QED) is 0.777. The molecule has 1 heterocycles. The molecule has 2 rings (SSSR count). The number of hydrogen-bond donors (Lipinski definition) is 2. The van der Waals surface area contributed by atoms with Gasteiger partial charge in [0.25, 0.3) is 0 Å². The number of anilines is 2. The number of benzene rings is 1. The van der Waals surface area contributed by atoms with Gasteiger partial charge in [-0.1, -0.05) is 29.8 Å². The molecule has 0 unspecified atom stereocenters. The maximum Gasteiger partial charge on any atom is 0.225 e. The standard InChI is InChI=1S/C11H13N5/c1-7-3-2-4-8(5-7)6-9-14-10(12)16-11(13)15-9/h2-5H,6H2,1H3,(H4,12,13,14,15,16). The molecule has 82 valence electrons. The summed E-state index contributed by atoms with van der Waals surface area (Å²) in [6.07, 6.45) is 0.610. The van der Waals surface area contributed by atoms with E-state index in [0.29, 0.717) is 12.2 Å². The highest BCUT2D eigenvalue weighted by Crippen LogP contribution is 2.09. The van der Waals surface area contributed by atoms with Crippen LogP contribution in [0.15, 0.2) is 24.3 Å². The maximum absolute atomic E-state index is 5.50. The Morgan fingerprint density at radius 1 is 1.06 bits per heavy atom. The number of rotatable bonds is 2. The topological polar surface area (TPSA) is 90.7 Å². The van der Waals surface area contributed by atoms with Crippen LogP contribution < -0.4 is 11.5 Å². The average molecular weight is 215 g/mol. The molecule has 5 nitrogen and oxygen atoms in total. The van der Waals surface area contributed by atoms with Crippen molar-refractivity contribution in [1.29, 1.82) is 0 Å². The molecule has 0 saturated heterocycles. The summed E-state index contributed by atoms with van der Waals surface area (Å²) < 4.78 is 0. The van der Waals surface area contributed by atoms with Gasteiger partial charge in [-0.2, -0.15) is 15.0 Å². The lowest BCUT2D eigenvalue weighted by Crippen LogP contribution is -2.07. The molecule has 0 aliphatic carbocycles. The van der Waals surface area contributed by atoms with Crippen LogP contribution in [0.1, 0.15) is 17.0 Å². The normalized spacial score (nSPS) is 10.3. The summed E-state index contributed by atoms with van der Waals surface area (Å²) in [4.78, 5) is 11.8. The first kappa shape index (κ1) is 10.4. The monoisotopic (exact) mass is 215 g/mol. The third-order valence-electron chi connectivity index (χ3n) is 2.16. The molecule has 0 fully saturated rings. The van der Waals surface area contributed by atoms with Gasteiger partial charge in [0.15, 0.2) is 0 Å². The van der Waals surface area contributed by atoms with E-state index in [-0.39, 0.29) is 11.9 Å². The van der Waals surface area contributed by atoms with Crippen molar-refractivity contribution in [3.8, 4) is 0 Å². The highest BCUT2D eigenvalue weighted by Gasteiger charge is 2.03. The fourth-order valence-corrected chi connectivity index (χ4v) is 1.54. The molecule has 1 aromatic heterocycles. The lowest BCUT2D eigenvalue weighted by molar-refractivity contribution is 0.938. The second-order valence-corrected chi connectivity index (χ2v) is 3.63. The van der Waals surface area contributed by atoms with Crippen LogP contribution in [0.5, 0.6) is 0 Å². The zero-order chi connectivity index (χ0) is 11.5. The van der Waals surface area contributed by atoms with Crippen molar-refractivity contribution in [2.24, 2.45) is 0 Å². The van der Waals surface area contributed by atoms with Gasteiger partial charge in [-0.25, -0.2) is 0 Å². The second-order valence-electron chi connectivity index (χ2n) is 3.63. The van der Waals surface area contributed by atoms with Gasteiger partial charge >= 0.3 is 0 Å². The van der Waals surface area contributed by atoms with Crippen LogP contribution in [0.3, 0.4) is 0 Å². The van der Waals surface area contributed by atoms with E-state index < -0.39 is 0 Å². The number of nitrogens with zero attached hydrogens (tertiary/aromatic N) is 3. The van der Waals surface area contributed by atoms with E-state index >= 15 is 0 Å². The first-order chi connectivity index (χ1) is 7.63. The molecule has 0 amide bonds. The van der Waals surface area contributed by atoms with Crippen molar-refractivity contribution in [2.45, 2.75) is 13.3 Å². The number of hydrogen-bond acceptors (Lipinski definition) is 5. The number of aromatic nitrogens is 3. The van der Waals surface area contributed by atoms with Crippen molar-refractivity contribution < 1.29 is 0 Å². The molecule has 5 heteroatoms. The average Bonchev–Trinajstić information content (AvgIpc) is 2.15. The molecule has 0 atom stereocenters. The van der Waals surface area contributed by atoms with E-state index in [0.717, 1.165) is 5.56 Å². The van der Waals surface area contributed by atoms with Crippen LogP contribution in [0.2, 0.25) is 0 Å². The van der Waals surface area contributed by atoms with Gasteiger partial charge in [-0.05, 0) is 12.5 Å². The van der Waals surface area contributed by atoms with Crippen molar-refractivity contribution in [3.63, 3.8) is 0 Å². The minimum atomic E-state index is 0.162. The Bertz CT molecular complexity index is 489. The van der Waals surface area contributed by atoms with E-state index in [1.165, 1.54) is 5.56 Å². The van der Waals surface area contributed by atoms with E-state index in [2.05, 4.69) is 21.0 Å². The van der Waals surface area contributed by atoms with Gasteiger partial charge in [0.2, 0.25) is 11.9 Å². The fourth-order valence-electron chi connectivity index (χ4n) is 1.54. The minimum Gasteiger partial charge on any atom is -0.368 e. The highest BCUT2D eigenvalue weighted by molar-refractivity contribution is 5.29. The highest BCUT2D eigenvalue weighted by atomic mass is 15.1. The molecule has 16 heavy (non-hydrogen) atoms. The van der Waals surface area contributed by atoms with Gasteiger partial charge in [-0.15, -0.1) is 0 Å². The molecule has 4 N–H and O–H groups in total. The van der Waals surface area contributed by atoms with Gasteiger partial charge in [-0.3, -0.25) is 0 Å². The Labute approximate surface area is 93.6 Å². The van der Waals surface area contributed by atoms with E-state index in [4.69, 9.17) is 11.5 Å². The van der Waals surface area contributed by atoms with E-state index in [1.807, 2.05) is 25.1 Å². The molecule has 2 aromatic rings. The van der Waals surface area contributed by atoms with Gasteiger partial charge < -0.3 is 11.5 Å². The molecular formula is C11H13N5. The third-order valence-corrected chi connectivity index (χ3v) is 2.16. The predicted molar refractivity (Wildman–Crippen MR) is 62.6 cm³/mol. The summed E-state index contributed by atoms with van der Waals surface area (Å²) in [7, 11) is 0. The van der Waals surface area contributed by atoms with Crippen LogP contribution in [0.4, 0.5) is 11.9 Å². The second kappa shape index (κ2) is 4.14. The van der Waals surface area contributed by atoms with E-state index in [9.17, 15) is 0 Å². The van der Waals surface area contributed by atoms with Crippen LogP contribution in [-0.4, -0.2) is 15.0 Å². The first-order valence-corrected chi connectivity index (χ1v) is 4.95. The van der Waals surface area contributed by atoms with Gasteiger partial charge in [0.1, 0.15) is 5.82 Å². The minimum absolute atomic E-state index is 0.162.